The second-order valence-electron chi connectivity index (χ2n) is 7.48. The lowest BCUT2D eigenvalue weighted by atomic mass is 10.1. The van der Waals surface area contributed by atoms with E-state index in [4.69, 9.17) is 4.74 Å². The molecule has 0 bridgehead atoms. The van der Waals surface area contributed by atoms with Gasteiger partial charge in [0.15, 0.2) is 5.13 Å². The summed E-state index contributed by atoms with van der Waals surface area (Å²) in [7, 11) is -3.67. The summed E-state index contributed by atoms with van der Waals surface area (Å²) in [6.07, 6.45) is 2.14. The molecule has 1 aliphatic rings. The third kappa shape index (κ3) is 5.07. The Labute approximate surface area is 192 Å². The number of thiazole rings is 1. The molecular formula is C23H25N3O4S2. The van der Waals surface area contributed by atoms with Gasteiger partial charge in [-0.1, -0.05) is 43.7 Å². The molecule has 1 saturated heterocycles. The second-order valence-corrected chi connectivity index (χ2v) is 10.3. The standard InChI is InChI=1S/C23H25N3O4S2/c1-2-4-17-7-9-18(10-8-17)21-16-31-23(24-21)25-22(27)19-5-3-6-20(15-19)32(28,29)26-11-13-30-14-12-26/h3,5-10,15-16H,2,4,11-14H2,1H3,(H,24,25,27). The smallest absolute Gasteiger partial charge is 0.257 e. The van der Waals surface area contributed by atoms with Gasteiger partial charge in [0.05, 0.1) is 23.8 Å². The molecular weight excluding hydrogens is 446 g/mol. The molecule has 0 unspecified atom stereocenters. The Morgan fingerprint density at radius 1 is 1.16 bits per heavy atom. The van der Waals surface area contributed by atoms with Crippen molar-refractivity contribution in [3.63, 3.8) is 0 Å². The summed E-state index contributed by atoms with van der Waals surface area (Å²) in [5.41, 5.74) is 3.32. The third-order valence-electron chi connectivity index (χ3n) is 5.22. The molecule has 4 rings (SSSR count). The van der Waals surface area contributed by atoms with E-state index in [2.05, 4.69) is 29.4 Å². The summed E-state index contributed by atoms with van der Waals surface area (Å²) >= 11 is 1.33. The van der Waals surface area contributed by atoms with Crippen molar-refractivity contribution in [1.82, 2.24) is 9.29 Å². The number of nitrogens with zero attached hydrogens (tertiary/aromatic N) is 2. The number of aryl methyl sites for hydroxylation is 1. The molecule has 1 aliphatic heterocycles. The third-order valence-corrected chi connectivity index (χ3v) is 7.87. The van der Waals surface area contributed by atoms with Crippen LogP contribution in [0, 0.1) is 0 Å². The number of hydrogen-bond acceptors (Lipinski definition) is 6. The first-order valence-corrected chi connectivity index (χ1v) is 12.8. The van der Waals surface area contributed by atoms with Crippen LogP contribution < -0.4 is 5.32 Å². The van der Waals surface area contributed by atoms with Gasteiger partial charge in [-0.2, -0.15) is 4.31 Å². The van der Waals surface area contributed by atoms with Crippen LogP contribution in [0.5, 0.6) is 0 Å². The lowest BCUT2D eigenvalue weighted by Gasteiger charge is -2.26. The molecule has 0 radical (unpaired) electrons. The van der Waals surface area contributed by atoms with Crippen molar-refractivity contribution in [2.24, 2.45) is 0 Å². The summed E-state index contributed by atoms with van der Waals surface area (Å²) < 4.78 is 32.4. The minimum atomic E-state index is -3.67. The maximum absolute atomic E-state index is 12.9. The van der Waals surface area contributed by atoms with Crippen LogP contribution in [0.3, 0.4) is 0 Å². The van der Waals surface area contributed by atoms with E-state index in [-0.39, 0.29) is 10.5 Å². The summed E-state index contributed by atoms with van der Waals surface area (Å²) in [5, 5.41) is 5.13. The van der Waals surface area contributed by atoms with E-state index in [0.717, 1.165) is 24.1 Å². The Bertz CT molecular complexity index is 1180. The van der Waals surface area contributed by atoms with Gasteiger partial charge in [-0.25, -0.2) is 13.4 Å². The minimum Gasteiger partial charge on any atom is -0.379 e. The first kappa shape index (κ1) is 22.6. The van der Waals surface area contributed by atoms with Gasteiger partial charge in [-0.05, 0) is 30.2 Å². The molecule has 9 heteroatoms. The summed E-state index contributed by atoms with van der Waals surface area (Å²) in [6, 6.07) is 14.3. The summed E-state index contributed by atoms with van der Waals surface area (Å²) in [6.45, 7) is 3.50. The Morgan fingerprint density at radius 3 is 2.62 bits per heavy atom. The molecule has 168 valence electrons. The van der Waals surface area contributed by atoms with Crippen molar-refractivity contribution < 1.29 is 17.9 Å². The number of hydrogen-bond donors (Lipinski definition) is 1. The highest BCUT2D eigenvalue weighted by Crippen LogP contribution is 2.26. The van der Waals surface area contributed by atoms with Gasteiger partial charge >= 0.3 is 0 Å². The highest BCUT2D eigenvalue weighted by molar-refractivity contribution is 7.89. The zero-order chi connectivity index (χ0) is 22.6. The number of anilines is 1. The van der Waals surface area contributed by atoms with Crippen LogP contribution in [0.4, 0.5) is 5.13 Å². The molecule has 1 aromatic heterocycles. The van der Waals surface area contributed by atoms with Crippen molar-refractivity contribution in [3.8, 4) is 11.3 Å². The molecule has 3 aromatic rings. The van der Waals surface area contributed by atoms with Crippen LogP contribution in [0.25, 0.3) is 11.3 Å². The van der Waals surface area contributed by atoms with Gasteiger partial charge in [-0.15, -0.1) is 11.3 Å². The Balaban J connectivity index is 1.47. The number of aromatic nitrogens is 1. The van der Waals surface area contributed by atoms with Crippen LogP contribution in [0.2, 0.25) is 0 Å². The van der Waals surface area contributed by atoms with Crippen molar-refractivity contribution in [2.45, 2.75) is 24.7 Å². The van der Waals surface area contributed by atoms with Gasteiger partial charge in [0.1, 0.15) is 0 Å². The predicted molar refractivity (Wildman–Crippen MR) is 126 cm³/mol. The quantitative estimate of drug-likeness (QED) is 0.562. The molecule has 1 amide bonds. The number of ether oxygens (including phenoxy) is 1. The van der Waals surface area contributed by atoms with Crippen LogP contribution in [0.15, 0.2) is 58.8 Å². The van der Waals surface area contributed by atoms with Gasteiger partial charge in [0, 0.05) is 29.6 Å². The Morgan fingerprint density at radius 2 is 1.91 bits per heavy atom. The normalized spacial score (nSPS) is 14.9. The molecule has 1 fully saturated rings. The number of amides is 1. The van der Waals surface area contributed by atoms with Crippen molar-refractivity contribution in [1.29, 1.82) is 0 Å². The van der Waals surface area contributed by atoms with E-state index in [0.29, 0.717) is 31.4 Å². The molecule has 0 saturated carbocycles. The van der Waals surface area contributed by atoms with Gasteiger partial charge in [0.25, 0.3) is 5.91 Å². The van der Waals surface area contributed by atoms with Crippen molar-refractivity contribution in [2.75, 3.05) is 31.6 Å². The van der Waals surface area contributed by atoms with Crippen LogP contribution in [0.1, 0.15) is 29.3 Å². The van der Waals surface area contributed by atoms with E-state index in [1.807, 2.05) is 17.5 Å². The number of carbonyl (C=O) groups excluding carboxylic acids is 1. The molecule has 1 N–H and O–H groups in total. The van der Waals surface area contributed by atoms with E-state index in [1.165, 1.54) is 33.3 Å². The average Bonchev–Trinajstić information content (AvgIpc) is 3.29. The first-order chi connectivity index (χ1) is 15.5. The number of nitrogens with one attached hydrogen (secondary N) is 1. The number of benzene rings is 2. The number of morpholine rings is 1. The van der Waals surface area contributed by atoms with Crippen LogP contribution in [-0.4, -0.2) is 49.9 Å². The maximum Gasteiger partial charge on any atom is 0.257 e. The Kier molecular flexibility index (Phi) is 7.00. The summed E-state index contributed by atoms with van der Waals surface area (Å²) in [5.74, 6) is -0.400. The monoisotopic (exact) mass is 471 g/mol. The van der Waals surface area contributed by atoms with Gasteiger partial charge in [-0.3, -0.25) is 10.1 Å². The van der Waals surface area contributed by atoms with Crippen molar-refractivity contribution >= 4 is 32.4 Å². The van der Waals surface area contributed by atoms with Crippen molar-refractivity contribution in [3.05, 3.63) is 65.0 Å². The molecule has 2 heterocycles. The molecule has 0 aliphatic carbocycles. The highest BCUT2D eigenvalue weighted by atomic mass is 32.2. The average molecular weight is 472 g/mol. The minimum absolute atomic E-state index is 0.0963. The molecule has 0 atom stereocenters. The fourth-order valence-corrected chi connectivity index (χ4v) is 5.67. The Hall–Kier alpha value is -2.59. The molecule has 0 spiro atoms. The second kappa shape index (κ2) is 9.91. The zero-order valence-electron chi connectivity index (χ0n) is 17.8. The van der Waals surface area contributed by atoms with Crippen LogP contribution >= 0.6 is 11.3 Å². The first-order valence-electron chi connectivity index (χ1n) is 10.5. The highest BCUT2D eigenvalue weighted by Gasteiger charge is 2.27. The number of carbonyl (C=O) groups is 1. The molecule has 2 aromatic carbocycles. The SMILES string of the molecule is CCCc1ccc(-c2csc(NC(=O)c3cccc(S(=O)(=O)N4CCOCC4)c3)n2)cc1. The lowest BCUT2D eigenvalue weighted by molar-refractivity contribution is 0.0730. The summed E-state index contributed by atoms with van der Waals surface area (Å²) in [4.78, 5) is 17.4. The zero-order valence-corrected chi connectivity index (χ0v) is 19.4. The topological polar surface area (TPSA) is 88.6 Å². The lowest BCUT2D eigenvalue weighted by Crippen LogP contribution is -2.40. The van der Waals surface area contributed by atoms with E-state index in [1.54, 1.807) is 12.1 Å². The largest absolute Gasteiger partial charge is 0.379 e. The van der Waals surface area contributed by atoms with E-state index < -0.39 is 15.9 Å². The fourth-order valence-electron chi connectivity index (χ4n) is 3.50. The molecule has 32 heavy (non-hydrogen) atoms. The molecule has 7 nitrogen and oxygen atoms in total. The van der Waals surface area contributed by atoms with Gasteiger partial charge < -0.3 is 4.74 Å². The maximum atomic E-state index is 12.9. The van der Waals surface area contributed by atoms with E-state index in [9.17, 15) is 13.2 Å². The predicted octanol–water partition coefficient (Wildman–Crippen LogP) is 4.04. The number of rotatable bonds is 7. The van der Waals surface area contributed by atoms with Gasteiger partial charge in [0.2, 0.25) is 10.0 Å². The fraction of sp³-hybridized carbons (Fsp3) is 0.304. The van der Waals surface area contributed by atoms with E-state index >= 15 is 0 Å². The van der Waals surface area contributed by atoms with Crippen LogP contribution in [-0.2, 0) is 21.2 Å². The number of sulfonamides is 1.